The van der Waals surface area contributed by atoms with E-state index in [0.29, 0.717) is 19.4 Å². The number of likely N-dealkylation sites (tertiary alicyclic amines) is 1. The Balaban J connectivity index is 2.12. The Kier molecular flexibility index (Phi) is 5.51. The van der Waals surface area contributed by atoms with Crippen LogP contribution in [0.15, 0.2) is 24.3 Å². The number of benzene rings is 1. The van der Waals surface area contributed by atoms with Crippen LogP contribution in [0.3, 0.4) is 0 Å². The van der Waals surface area contributed by atoms with Gasteiger partial charge in [-0.15, -0.1) is 0 Å². The zero-order valence-electron chi connectivity index (χ0n) is 12.5. The molecule has 0 aliphatic carbocycles. The molecule has 2 rings (SSSR count). The molecule has 1 aliphatic heterocycles. The number of aliphatic carboxylic acids is 1. The molecule has 0 radical (unpaired) electrons. The summed E-state index contributed by atoms with van der Waals surface area (Å²) in [6.45, 7) is 1.93. The largest absolute Gasteiger partial charge is 0.480 e. The van der Waals surface area contributed by atoms with Gasteiger partial charge in [-0.3, -0.25) is 9.59 Å². The molecule has 1 amide bonds. The highest BCUT2D eigenvalue weighted by Gasteiger charge is 2.39. The number of carboxylic acid groups (broad SMARTS) is 1. The number of carbonyl (C=O) groups is 3. The molecule has 1 saturated heterocycles. The fraction of sp³-hybridized carbons (Fsp3) is 0.438. The van der Waals surface area contributed by atoms with E-state index in [4.69, 9.17) is 5.11 Å². The van der Waals surface area contributed by atoms with Crippen molar-refractivity contribution in [2.24, 2.45) is 5.92 Å². The van der Waals surface area contributed by atoms with E-state index in [1.165, 1.54) is 23.1 Å². The monoisotopic (exact) mass is 385 g/mol. The third-order valence-corrected chi connectivity index (χ3v) is 5.22. The summed E-state index contributed by atoms with van der Waals surface area (Å²) in [5.41, 5.74) is 0.169. The molecule has 3 atom stereocenters. The Labute approximate surface area is 141 Å². The Morgan fingerprint density at radius 2 is 2.09 bits per heavy atom. The standard InChI is InChI=1S/C16H17BrFNO4/c1-9(15(21)19-7-3-6-12(19)16(22)23)13(17)14(20)10-4-2-5-11(18)8-10/h2,4-5,8-9,12-13H,3,6-7H2,1H3,(H,22,23)/t9-,12-,13-/m0/s1. The van der Waals surface area contributed by atoms with E-state index in [2.05, 4.69) is 15.9 Å². The maximum Gasteiger partial charge on any atom is 0.326 e. The average molecular weight is 386 g/mol. The van der Waals surface area contributed by atoms with E-state index in [-0.39, 0.29) is 11.5 Å². The van der Waals surface area contributed by atoms with Gasteiger partial charge in [0.05, 0.1) is 10.7 Å². The van der Waals surface area contributed by atoms with Crippen molar-refractivity contribution in [1.82, 2.24) is 4.90 Å². The Hall–Kier alpha value is -1.76. The van der Waals surface area contributed by atoms with Gasteiger partial charge in [0.25, 0.3) is 0 Å². The molecular formula is C16H17BrFNO4. The van der Waals surface area contributed by atoms with Crippen LogP contribution in [0, 0.1) is 11.7 Å². The lowest BCUT2D eigenvalue weighted by Crippen LogP contribution is -2.45. The van der Waals surface area contributed by atoms with Crippen LogP contribution in [-0.2, 0) is 9.59 Å². The number of nitrogens with zero attached hydrogens (tertiary/aromatic N) is 1. The molecule has 1 N–H and O–H groups in total. The zero-order chi connectivity index (χ0) is 17.1. The SMILES string of the molecule is C[C@H](C(=O)N1CCC[C@H]1C(=O)O)[C@H](Br)C(=O)c1cccc(F)c1. The van der Waals surface area contributed by atoms with Crippen LogP contribution in [0.1, 0.15) is 30.1 Å². The summed E-state index contributed by atoms with van der Waals surface area (Å²) in [5.74, 6) is -3.10. The number of ketones is 1. The molecule has 1 aromatic rings. The number of Topliss-reactive ketones (excluding diaryl/α,β-unsaturated/α-hetero) is 1. The number of alkyl halides is 1. The van der Waals surface area contributed by atoms with Gasteiger partial charge in [-0.25, -0.2) is 9.18 Å². The Morgan fingerprint density at radius 1 is 1.39 bits per heavy atom. The molecule has 23 heavy (non-hydrogen) atoms. The van der Waals surface area contributed by atoms with Crippen molar-refractivity contribution in [2.75, 3.05) is 6.54 Å². The predicted molar refractivity (Wildman–Crippen MR) is 85.0 cm³/mol. The van der Waals surface area contributed by atoms with Crippen molar-refractivity contribution < 1.29 is 23.9 Å². The summed E-state index contributed by atoms with van der Waals surface area (Å²) in [7, 11) is 0. The first-order valence-electron chi connectivity index (χ1n) is 7.30. The van der Waals surface area contributed by atoms with E-state index < -0.39 is 34.4 Å². The molecule has 0 unspecified atom stereocenters. The fourth-order valence-corrected chi connectivity index (χ4v) is 3.19. The number of carboxylic acids is 1. The van der Waals surface area contributed by atoms with Crippen molar-refractivity contribution in [2.45, 2.75) is 30.6 Å². The summed E-state index contributed by atoms with van der Waals surface area (Å²) in [4.78, 5) is 36.5. The van der Waals surface area contributed by atoms with Gasteiger partial charge in [0.15, 0.2) is 5.78 Å². The molecule has 0 aromatic heterocycles. The van der Waals surface area contributed by atoms with Gasteiger partial charge < -0.3 is 10.0 Å². The maximum absolute atomic E-state index is 13.2. The van der Waals surface area contributed by atoms with Gasteiger partial charge in [0.1, 0.15) is 11.9 Å². The number of carbonyl (C=O) groups excluding carboxylic acids is 2. The molecule has 1 aromatic carbocycles. The topological polar surface area (TPSA) is 74.7 Å². The van der Waals surface area contributed by atoms with Crippen LogP contribution < -0.4 is 0 Å². The second-order valence-electron chi connectivity index (χ2n) is 5.59. The van der Waals surface area contributed by atoms with E-state index in [9.17, 15) is 18.8 Å². The fourth-order valence-electron chi connectivity index (χ4n) is 2.70. The highest BCUT2D eigenvalue weighted by Crippen LogP contribution is 2.25. The molecule has 1 aliphatic rings. The molecule has 0 spiro atoms. The zero-order valence-corrected chi connectivity index (χ0v) is 14.1. The van der Waals surface area contributed by atoms with Gasteiger partial charge in [-0.1, -0.05) is 35.0 Å². The number of amides is 1. The van der Waals surface area contributed by atoms with E-state index in [0.717, 1.165) is 6.07 Å². The molecule has 0 bridgehead atoms. The van der Waals surface area contributed by atoms with Gasteiger partial charge in [0, 0.05) is 12.1 Å². The minimum absolute atomic E-state index is 0.169. The van der Waals surface area contributed by atoms with Crippen molar-refractivity contribution in [3.05, 3.63) is 35.6 Å². The van der Waals surface area contributed by atoms with Crippen LogP contribution >= 0.6 is 15.9 Å². The van der Waals surface area contributed by atoms with Crippen molar-refractivity contribution >= 4 is 33.6 Å². The smallest absolute Gasteiger partial charge is 0.326 e. The van der Waals surface area contributed by atoms with Crippen LogP contribution in [0.4, 0.5) is 4.39 Å². The van der Waals surface area contributed by atoms with Crippen molar-refractivity contribution in [3.8, 4) is 0 Å². The minimum Gasteiger partial charge on any atom is -0.480 e. The lowest BCUT2D eigenvalue weighted by atomic mass is 9.98. The van der Waals surface area contributed by atoms with Crippen LogP contribution in [-0.4, -0.2) is 45.1 Å². The second kappa shape index (κ2) is 7.21. The molecular weight excluding hydrogens is 369 g/mol. The van der Waals surface area contributed by atoms with Crippen molar-refractivity contribution in [3.63, 3.8) is 0 Å². The lowest BCUT2D eigenvalue weighted by molar-refractivity contribution is -0.149. The van der Waals surface area contributed by atoms with Crippen LogP contribution in [0.2, 0.25) is 0 Å². The number of hydrogen-bond donors (Lipinski definition) is 1. The molecule has 1 heterocycles. The first kappa shape index (κ1) is 17.6. The highest BCUT2D eigenvalue weighted by molar-refractivity contribution is 9.10. The van der Waals surface area contributed by atoms with Gasteiger partial charge >= 0.3 is 5.97 Å². The first-order valence-corrected chi connectivity index (χ1v) is 8.21. The molecule has 1 fully saturated rings. The average Bonchev–Trinajstić information content (AvgIpc) is 3.01. The van der Waals surface area contributed by atoms with Gasteiger partial charge in [-0.2, -0.15) is 0 Å². The first-order chi connectivity index (χ1) is 10.8. The molecule has 7 heteroatoms. The summed E-state index contributed by atoms with van der Waals surface area (Å²) >= 11 is 3.21. The van der Waals surface area contributed by atoms with E-state index in [1.807, 2.05) is 0 Å². The number of rotatable bonds is 5. The van der Waals surface area contributed by atoms with E-state index >= 15 is 0 Å². The number of halogens is 2. The molecule has 5 nitrogen and oxygen atoms in total. The van der Waals surface area contributed by atoms with Crippen molar-refractivity contribution in [1.29, 1.82) is 0 Å². The maximum atomic E-state index is 13.2. The normalized spacial score (nSPS) is 20.1. The summed E-state index contributed by atoms with van der Waals surface area (Å²) in [6.07, 6.45) is 1.04. The van der Waals surface area contributed by atoms with Gasteiger partial charge in [0.2, 0.25) is 5.91 Å². The molecule has 0 saturated carbocycles. The second-order valence-corrected chi connectivity index (χ2v) is 6.58. The third kappa shape index (κ3) is 3.77. The summed E-state index contributed by atoms with van der Waals surface area (Å²) < 4.78 is 13.2. The van der Waals surface area contributed by atoms with Crippen LogP contribution in [0.25, 0.3) is 0 Å². The highest BCUT2D eigenvalue weighted by atomic mass is 79.9. The Morgan fingerprint density at radius 3 is 2.70 bits per heavy atom. The summed E-state index contributed by atoms with van der Waals surface area (Å²) in [6, 6.07) is 4.41. The summed E-state index contributed by atoms with van der Waals surface area (Å²) in [5, 5.41) is 9.16. The predicted octanol–water partition coefficient (Wildman–Crippen LogP) is 2.48. The minimum atomic E-state index is -1.04. The third-order valence-electron chi connectivity index (χ3n) is 4.01. The quantitative estimate of drug-likeness (QED) is 0.623. The van der Waals surface area contributed by atoms with Gasteiger partial charge in [-0.05, 0) is 25.0 Å². The molecule has 124 valence electrons. The Bertz CT molecular complexity index is 636. The van der Waals surface area contributed by atoms with Crippen LogP contribution in [0.5, 0.6) is 0 Å². The van der Waals surface area contributed by atoms with E-state index in [1.54, 1.807) is 6.92 Å². The lowest BCUT2D eigenvalue weighted by Gasteiger charge is -2.26. The number of hydrogen-bond acceptors (Lipinski definition) is 3.